The molecule has 2 heteroatoms. The second-order valence-electron chi connectivity index (χ2n) is 4.71. The smallest absolute Gasteiger partial charge is 0.0251 e. The molecular formula is C13H28N2. The molecule has 0 N–H and O–H groups in total. The summed E-state index contributed by atoms with van der Waals surface area (Å²) in [7, 11) is 2.28. The minimum Gasteiger partial charge on any atom is -0.302 e. The highest BCUT2D eigenvalue weighted by Crippen LogP contribution is 2.26. The van der Waals surface area contributed by atoms with E-state index in [0.29, 0.717) is 0 Å². The van der Waals surface area contributed by atoms with Gasteiger partial charge in [0.25, 0.3) is 0 Å². The van der Waals surface area contributed by atoms with Crippen molar-refractivity contribution < 1.29 is 0 Å². The molecule has 0 aromatic heterocycles. The first-order chi connectivity index (χ1) is 7.24. The molecule has 0 bridgehead atoms. The van der Waals surface area contributed by atoms with Crippen LogP contribution in [0.4, 0.5) is 0 Å². The van der Waals surface area contributed by atoms with Crippen LogP contribution in [0.2, 0.25) is 0 Å². The van der Waals surface area contributed by atoms with Crippen LogP contribution in [0.3, 0.4) is 0 Å². The van der Waals surface area contributed by atoms with E-state index in [1.165, 1.54) is 45.3 Å². The molecule has 0 radical (unpaired) electrons. The lowest BCUT2D eigenvalue weighted by atomic mass is 9.88. The average molecular weight is 212 g/mol. The summed E-state index contributed by atoms with van der Waals surface area (Å²) < 4.78 is 0. The maximum absolute atomic E-state index is 2.65. The predicted molar refractivity (Wildman–Crippen MR) is 67.3 cm³/mol. The lowest BCUT2D eigenvalue weighted by Crippen LogP contribution is -2.52. The van der Waals surface area contributed by atoms with Crippen LogP contribution in [-0.2, 0) is 0 Å². The van der Waals surface area contributed by atoms with Crippen molar-refractivity contribution in [2.75, 3.05) is 26.7 Å². The van der Waals surface area contributed by atoms with Crippen molar-refractivity contribution in [2.24, 2.45) is 0 Å². The Labute approximate surface area is 95.6 Å². The molecule has 0 saturated heterocycles. The van der Waals surface area contributed by atoms with Crippen molar-refractivity contribution >= 4 is 0 Å². The quantitative estimate of drug-likeness (QED) is 0.691. The minimum atomic E-state index is 0.795. The molecule has 1 fully saturated rings. The number of hydrogen-bond acceptors (Lipinski definition) is 2. The number of hydrogen-bond donors (Lipinski definition) is 0. The first-order valence-electron chi connectivity index (χ1n) is 6.68. The molecule has 1 aliphatic rings. The summed E-state index contributed by atoms with van der Waals surface area (Å²) in [6.07, 6.45) is 5.64. The Morgan fingerprint density at radius 3 is 1.87 bits per heavy atom. The van der Waals surface area contributed by atoms with Gasteiger partial charge in [0, 0.05) is 12.1 Å². The molecule has 0 aromatic rings. The summed E-state index contributed by atoms with van der Waals surface area (Å²) in [6, 6.07) is 1.60. The average Bonchev–Trinajstić information content (AvgIpc) is 2.30. The monoisotopic (exact) mass is 212 g/mol. The second kappa shape index (κ2) is 6.49. The first-order valence-corrected chi connectivity index (χ1v) is 6.68. The van der Waals surface area contributed by atoms with E-state index in [9.17, 15) is 0 Å². The van der Waals surface area contributed by atoms with E-state index in [4.69, 9.17) is 0 Å². The molecule has 1 aliphatic carbocycles. The molecule has 0 spiro atoms. The summed E-state index contributed by atoms with van der Waals surface area (Å²) in [6.45, 7) is 10.4. The molecule has 15 heavy (non-hydrogen) atoms. The predicted octanol–water partition coefficient (Wildman–Crippen LogP) is 2.59. The van der Waals surface area contributed by atoms with Gasteiger partial charge in [-0.05, 0) is 39.5 Å². The zero-order valence-electron chi connectivity index (χ0n) is 11.0. The lowest BCUT2D eigenvalue weighted by molar-refractivity contribution is 0.0708. The van der Waals surface area contributed by atoms with Crippen molar-refractivity contribution in [3.05, 3.63) is 0 Å². The molecule has 0 amide bonds. The molecule has 0 heterocycles. The largest absolute Gasteiger partial charge is 0.302 e. The Morgan fingerprint density at radius 2 is 1.40 bits per heavy atom. The van der Waals surface area contributed by atoms with Gasteiger partial charge in [-0.25, -0.2) is 0 Å². The van der Waals surface area contributed by atoms with Crippen molar-refractivity contribution in [3.63, 3.8) is 0 Å². The van der Waals surface area contributed by atoms with Gasteiger partial charge in [-0.15, -0.1) is 0 Å². The summed E-state index contributed by atoms with van der Waals surface area (Å²) in [5.41, 5.74) is 0. The summed E-state index contributed by atoms with van der Waals surface area (Å²) in [5, 5.41) is 0. The van der Waals surface area contributed by atoms with E-state index in [0.717, 1.165) is 12.1 Å². The molecule has 1 saturated carbocycles. The van der Waals surface area contributed by atoms with E-state index >= 15 is 0 Å². The van der Waals surface area contributed by atoms with Gasteiger partial charge >= 0.3 is 0 Å². The highest BCUT2D eigenvalue weighted by Gasteiger charge is 2.30. The Balaban J connectivity index is 2.63. The number of rotatable bonds is 5. The van der Waals surface area contributed by atoms with E-state index in [-0.39, 0.29) is 0 Å². The van der Waals surface area contributed by atoms with E-state index in [2.05, 4.69) is 37.6 Å². The lowest BCUT2D eigenvalue weighted by Gasteiger charge is -2.43. The fourth-order valence-electron chi connectivity index (χ4n) is 2.96. The summed E-state index contributed by atoms with van der Waals surface area (Å²) >= 11 is 0. The molecule has 0 aromatic carbocycles. The molecular weight excluding hydrogens is 184 g/mol. The van der Waals surface area contributed by atoms with Crippen LogP contribution in [0.25, 0.3) is 0 Å². The topological polar surface area (TPSA) is 6.48 Å². The maximum atomic E-state index is 2.65. The molecule has 2 atom stereocenters. The maximum Gasteiger partial charge on any atom is 0.0251 e. The van der Waals surface area contributed by atoms with Gasteiger partial charge in [-0.2, -0.15) is 0 Å². The first kappa shape index (κ1) is 13.0. The Hall–Kier alpha value is -0.0800. The number of likely N-dealkylation sites (N-methyl/N-ethyl adjacent to an activating group) is 2. The fourth-order valence-corrected chi connectivity index (χ4v) is 2.96. The zero-order chi connectivity index (χ0) is 11.3. The summed E-state index contributed by atoms with van der Waals surface area (Å²) in [5.74, 6) is 0. The summed E-state index contributed by atoms with van der Waals surface area (Å²) in [4.78, 5) is 5.19. The van der Waals surface area contributed by atoms with Crippen molar-refractivity contribution in [1.82, 2.24) is 9.80 Å². The Kier molecular flexibility index (Phi) is 5.62. The number of nitrogens with zero attached hydrogens (tertiary/aromatic N) is 2. The van der Waals surface area contributed by atoms with Crippen molar-refractivity contribution in [3.8, 4) is 0 Å². The van der Waals surface area contributed by atoms with Crippen LogP contribution < -0.4 is 0 Å². The third-order valence-corrected chi connectivity index (χ3v) is 4.04. The van der Waals surface area contributed by atoms with Gasteiger partial charge in [0.1, 0.15) is 0 Å². The highest BCUT2D eigenvalue weighted by atomic mass is 15.2. The van der Waals surface area contributed by atoms with E-state index < -0.39 is 0 Å². The molecule has 90 valence electrons. The van der Waals surface area contributed by atoms with Gasteiger partial charge in [-0.1, -0.05) is 33.6 Å². The van der Waals surface area contributed by atoms with Crippen LogP contribution in [-0.4, -0.2) is 48.6 Å². The van der Waals surface area contributed by atoms with Gasteiger partial charge in [0.15, 0.2) is 0 Å². The van der Waals surface area contributed by atoms with Gasteiger partial charge in [-0.3, -0.25) is 4.90 Å². The van der Waals surface area contributed by atoms with Crippen LogP contribution >= 0.6 is 0 Å². The standard InChI is InChI=1S/C13H28N2/c1-5-14(4)12-10-8-9-11-13(12)15(6-2)7-3/h12-13H,5-11H2,1-4H3/t12-,13-/m1/s1. The Bertz CT molecular complexity index is 166. The van der Waals surface area contributed by atoms with Crippen LogP contribution in [0, 0.1) is 0 Å². The molecule has 0 aliphatic heterocycles. The fraction of sp³-hybridized carbons (Fsp3) is 1.00. The van der Waals surface area contributed by atoms with E-state index in [1.807, 2.05) is 0 Å². The van der Waals surface area contributed by atoms with Gasteiger partial charge in [0.2, 0.25) is 0 Å². The molecule has 1 rings (SSSR count). The van der Waals surface area contributed by atoms with Crippen LogP contribution in [0.1, 0.15) is 46.5 Å². The third-order valence-electron chi connectivity index (χ3n) is 4.04. The van der Waals surface area contributed by atoms with Gasteiger partial charge in [0.05, 0.1) is 0 Å². The third kappa shape index (κ3) is 3.18. The minimum absolute atomic E-state index is 0.795. The van der Waals surface area contributed by atoms with E-state index in [1.54, 1.807) is 0 Å². The van der Waals surface area contributed by atoms with Crippen LogP contribution in [0.5, 0.6) is 0 Å². The van der Waals surface area contributed by atoms with Crippen molar-refractivity contribution in [2.45, 2.75) is 58.5 Å². The SMILES string of the molecule is CCN(C)[C@@H]1CCCC[C@H]1N(CC)CC. The Morgan fingerprint density at radius 1 is 0.867 bits per heavy atom. The normalized spacial score (nSPS) is 27.6. The van der Waals surface area contributed by atoms with Crippen LogP contribution in [0.15, 0.2) is 0 Å². The van der Waals surface area contributed by atoms with Crippen molar-refractivity contribution in [1.29, 1.82) is 0 Å². The second-order valence-corrected chi connectivity index (χ2v) is 4.71. The van der Waals surface area contributed by atoms with Gasteiger partial charge < -0.3 is 4.90 Å². The zero-order valence-corrected chi connectivity index (χ0v) is 11.0. The molecule has 2 nitrogen and oxygen atoms in total. The molecule has 0 unspecified atom stereocenters. The highest BCUT2D eigenvalue weighted by molar-refractivity contribution is 4.88.